The van der Waals surface area contributed by atoms with Gasteiger partial charge in [0, 0.05) is 23.8 Å². The van der Waals surface area contributed by atoms with Crippen molar-refractivity contribution >= 4 is 11.6 Å². The summed E-state index contributed by atoms with van der Waals surface area (Å²) in [5.74, 6) is -0.345. The van der Waals surface area contributed by atoms with Gasteiger partial charge in [0.15, 0.2) is 0 Å². The van der Waals surface area contributed by atoms with Crippen LogP contribution in [0.25, 0.3) is 0 Å². The molecule has 0 radical (unpaired) electrons. The molecule has 0 aliphatic carbocycles. The largest absolute Gasteiger partial charge is 0.307 e. The fourth-order valence-electron chi connectivity index (χ4n) is 2.54. The molecule has 14 heavy (non-hydrogen) atoms. The first kappa shape index (κ1) is 8.62. The zero-order valence-electron chi connectivity index (χ0n) is 7.56. The van der Waals surface area contributed by atoms with Crippen LogP contribution in [0.15, 0.2) is 6.20 Å². The molecule has 0 spiro atoms. The molecule has 0 aromatic carbocycles. The van der Waals surface area contributed by atoms with Crippen molar-refractivity contribution in [3.05, 3.63) is 28.3 Å². The molecule has 3 rings (SSSR count). The highest BCUT2D eigenvalue weighted by molar-refractivity contribution is 6.31. The highest BCUT2D eigenvalue weighted by Gasteiger charge is 2.35. The van der Waals surface area contributed by atoms with Gasteiger partial charge < -0.3 is 5.32 Å². The van der Waals surface area contributed by atoms with Crippen LogP contribution in [0.4, 0.5) is 4.39 Å². The van der Waals surface area contributed by atoms with Crippen molar-refractivity contribution in [3.63, 3.8) is 0 Å². The van der Waals surface area contributed by atoms with E-state index in [-0.39, 0.29) is 12.0 Å². The van der Waals surface area contributed by atoms with Crippen LogP contribution in [-0.4, -0.2) is 11.0 Å². The average Bonchev–Trinajstić information content (AvgIpc) is 2.54. The Bertz CT molecular complexity index is 394. The summed E-state index contributed by atoms with van der Waals surface area (Å²) < 4.78 is 13.4. The fourth-order valence-corrected chi connectivity index (χ4v) is 2.84. The first-order chi connectivity index (χ1) is 6.75. The van der Waals surface area contributed by atoms with E-state index in [2.05, 4.69) is 10.3 Å². The number of rotatable bonds is 0. The van der Waals surface area contributed by atoms with E-state index in [4.69, 9.17) is 11.6 Å². The predicted octanol–water partition coefficient (Wildman–Crippen LogP) is 2.22. The van der Waals surface area contributed by atoms with Gasteiger partial charge in [-0.2, -0.15) is 4.39 Å². The van der Waals surface area contributed by atoms with Gasteiger partial charge in [-0.1, -0.05) is 11.6 Å². The third kappa shape index (κ3) is 1.09. The van der Waals surface area contributed by atoms with Crippen molar-refractivity contribution in [3.8, 4) is 0 Å². The van der Waals surface area contributed by atoms with E-state index in [1.165, 1.54) is 6.20 Å². The SMILES string of the molecule is Fc1ncc(Cl)c2c1C[C@@H]1CC[C@H]2N1. The highest BCUT2D eigenvalue weighted by atomic mass is 35.5. The van der Waals surface area contributed by atoms with Gasteiger partial charge in [0.1, 0.15) is 0 Å². The number of nitrogens with zero attached hydrogens (tertiary/aromatic N) is 1. The van der Waals surface area contributed by atoms with E-state index in [0.29, 0.717) is 11.1 Å². The molecule has 1 N–H and O–H groups in total. The maximum Gasteiger partial charge on any atom is 0.216 e. The lowest BCUT2D eigenvalue weighted by Gasteiger charge is -2.25. The van der Waals surface area contributed by atoms with E-state index in [0.717, 1.165) is 30.4 Å². The third-order valence-corrected chi connectivity index (χ3v) is 3.46. The number of halogens is 2. The Hall–Kier alpha value is -0.670. The lowest BCUT2D eigenvalue weighted by atomic mass is 9.97. The van der Waals surface area contributed by atoms with Crippen molar-refractivity contribution in [2.75, 3.05) is 0 Å². The zero-order valence-corrected chi connectivity index (χ0v) is 8.31. The molecule has 2 atom stereocenters. The van der Waals surface area contributed by atoms with Crippen molar-refractivity contribution in [1.29, 1.82) is 0 Å². The van der Waals surface area contributed by atoms with Gasteiger partial charge in [-0.3, -0.25) is 0 Å². The summed E-state index contributed by atoms with van der Waals surface area (Å²) >= 11 is 6.04. The van der Waals surface area contributed by atoms with Crippen LogP contribution < -0.4 is 5.32 Å². The van der Waals surface area contributed by atoms with Crippen LogP contribution in [-0.2, 0) is 6.42 Å². The quantitative estimate of drug-likeness (QED) is 0.667. The topological polar surface area (TPSA) is 24.9 Å². The minimum absolute atomic E-state index is 0.244. The van der Waals surface area contributed by atoms with Gasteiger partial charge in [0.2, 0.25) is 5.95 Å². The summed E-state index contributed by atoms with van der Waals surface area (Å²) in [6.07, 6.45) is 4.30. The van der Waals surface area contributed by atoms with Gasteiger partial charge >= 0.3 is 0 Å². The van der Waals surface area contributed by atoms with Crippen LogP contribution in [0.3, 0.4) is 0 Å². The summed E-state index contributed by atoms with van der Waals surface area (Å²) in [5.41, 5.74) is 1.66. The standard InChI is InChI=1S/C10H10ClFN2/c11-7-4-13-10(12)6-3-5-1-2-8(14-5)9(6)7/h4-5,8,14H,1-3H2/t5-,8+/m0/s1. The Labute approximate surface area is 86.5 Å². The number of aromatic nitrogens is 1. The molecule has 0 unspecified atom stereocenters. The first-order valence-electron chi connectivity index (χ1n) is 4.84. The summed E-state index contributed by atoms with van der Waals surface area (Å²) in [7, 11) is 0. The molecule has 2 aliphatic rings. The minimum Gasteiger partial charge on any atom is -0.307 e. The number of nitrogens with one attached hydrogen (secondary N) is 1. The monoisotopic (exact) mass is 212 g/mol. The molecule has 1 saturated heterocycles. The van der Waals surface area contributed by atoms with Gasteiger partial charge in [-0.15, -0.1) is 0 Å². The summed E-state index contributed by atoms with van der Waals surface area (Å²) in [6, 6.07) is 0.663. The molecule has 4 heteroatoms. The van der Waals surface area contributed by atoms with Gasteiger partial charge in [0.05, 0.1) is 5.02 Å². The fraction of sp³-hybridized carbons (Fsp3) is 0.500. The van der Waals surface area contributed by atoms with Crippen molar-refractivity contribution in [1.82, 2.24) is 10.3 Å². The molecular formula is C10H10ClFN2. The van der Waals surface area contributed by atoms with E-state index >= 15 is 0 Å². The molecule has 2 nitrogen and oxygen atoms in total. The second-order valence-electron chi connectivity index (χ2n) is 3.99. The second kappa shape index (κ2) is 2.91. The van der Waals surface area contributed by atoms with Crippen molar-refractivity contribution < 1.29 is 4.39 Å². The molecular weight excluding hydrogens is 203 g/mol. The Morgan fingerprint density at radius 1 is 1.50 bits per heavy atom. The molecule has 0 saturated carbocycles. The lowest BCUT2D eigenvalue weighted by Crippen LogP contribution is -2.32. The number of fused-ring (bicyclic) bond motifs is 4. The number of pyridine rings is 1. The summed E-state index contributed by atoms with van der Waals surface area (Å²) in [5, 5.41) is 4.03. The maximum atomic E-state index is 13.4. The van der Waals surface area contributed by atoms with Gasteiger partial charge in [-0.25, -0.2) is 4.98 Å². The molecule has 2 aliphatic heterocycles. The lowest BCUT2D eigenvalue weighted by molar-refractivity contribution is 0.478. The third-order valence-electron chi connectivity index (χ3n) is 3.16. The highest BCUT2D eigenvalue weighted by Crippen LogP contribution is 2.39. The van der Waals surface area contributed by atoms with Crippen molar-refractivity contribution in [2.24, 2.45) is 0 Å². The molecule has 0 amide bonds. The summed E-state index contributed by atoms with van der Waals surface area (Å²) in [4.78, 5) is 3.66. The van der Waals surface area contributed by atoms with E-state index in [1.807, 2.05) is 0 Å². The molecule has 3 heterocycles. The predicted molar refractivity (Wildman–Crippen MR) is 51.8 cm³/mol. The van der Waals surface area contributed by atoms with Crippen LogP contribution in [0.5, 0.6) is 0 Å². The Balaban J connectivity index is 2.21. The van der Waals surface area contributed by atoms with Crippen molar-refractivity contribution in [2.45, 2.75) is 31.3 Å². The van der Waals surface area contributed by atoms with Crippen LogP contribution in [0.1, 0.15) is 30.0 Å². The molecule has 1 aromatic rings. The van der Waals surface area contributed by atoms with Gasteiger partial charge in [0.25, 0.3) is 0 Å². The number of hydrogen-bond donors (Lipinski definition) is 1. The van der Waals surface area contributed by atoms with E-state index in [1.54, 1.807) is 0 Å². The minimum atomic E-state index is -0.345. The Morgan fingerprint density at radius 2 is 2.36 bits per heavy atom. The number of hydrogen-bond acceptors (Lipinski definition) is 2. The Morgan fingerprint density at radius 3 is 3.21 bits per heavy atom. The van der Waals surface area contributed by atoms with E-state index < -0.39 is 0 Å². The second-order valence-corrected chi connectivity index (χ2v) is 4.39. The zero-order chi connectivity index (χ0) is 9.71. The first-order valence-corrected chi connectivity index (χ1v) is 5.22. The molecule has 1 aromatic heterocycles. The Kier molecular flexibility index (Phi) is 1.79. The van der Waals surface area contributed by atoms with Crippen LogP contribution in [0.2, 0.25) is 5.02 Å². The van der Waals surface area contributed by atoms with Crippen LogP contribution in [0, 0.1) is 5.95 Å². The smallest absolute Gasteiger partial charge is 0.216 e. The van der Waals surface area contributed by atoms with Gasteiger partial charge in [-0.05, 0) is 24.8 Å². The average molecular weight is 213 g/mol. The maximum absolute atomic E-state index is 13.4. The van der Waals surface area contributed by atoms with Crippen LogP contribution >= 0.6 is 11.6 Å². The molecule has 74 valence electrons. The molecule has 1 fully saturated rings. The normalized spacial score (nSPS) is 29.0. The summed E-state index contributed by atoms with van der Waals surface area (Å²) in [6.45, 7) is 0. The van der Waals surface area contributed by atoms with E-state index in [9.17, 15) is 4.39 Å². The molecule has 2 bridgehead atoms.